The zero-order valence-corrected chi connectivity index (χ0v) is 15.0. The molecule has 0 aromatic heterocycles. The Bertz CT molecular complexity index is 744. The number of fused-ring (bicyclic) bond motifs is 5. The van der Waals surface area contributed by atoms with Gasteiger partial charge in [-0.1, -0.05) is 6.07 Å². The number of hydrazine groups is 1. The maximum Gasteiger partial charge on any atom is 0.279 e. The predicted octanol–water partition coefficient (Wildman–Crippen LogP) is 1.26. The summed E-state index contributed by atoms with van der Waals surface area (Å²) in [6, 6.07) is 5.68. The maximum absolute atomic E-state index is 12.6. The minimum atomic E-state index is -0.842. The van der Waals surface area contributed by atoms with Crippen molar-refractivity contribution in [2.75, 3.05) is 0 Å². The molecule has 0 radical (unpaired) electrons. The van der Waals surface area contributed by atoms with Crippen molar-refractivity contribution in [1.29, 1.82) is 0 Å². The van der Waals surface area contributed by atoms with Crippen LogP contribution < -0.4 is 10.2 Å². The van der Waals surface area contributed by atoms with E-state index in [0.29, 0.717) is 5.75 Å². The lowest BCUT2D eigenvalue weighted by atomic mass is 9.81. The first kappa shape index (κ1) is 17.0. The van der Waals surface area contributed by atoms with Crippen LogP contribution in [-0.2, 0) is 19.1 Å². The number of benzene rings is 1. The topological polar surface area (TPSA) is 84.9 Å². The molecule has 3 amide bonds. The quantitative estimate of drug-likeness (QED) is 0.819. The van der Waals surface area contributed by atoms with Gasteiger partial charge in [-0.2, -0.15) is 5.01 Å². The highest BCUT2D eigenvalue weighted by atomic mass is 16.5. The van der Waals surface area contributed by atoms with Crippen molar-refractivity contribution < 1.29 is 23.9 Å². The van der Waals surface area contributed by atoms with Crippen molar-refractivity contribution in [1.82, 2.24) is 10.4 Å². The molecule has 3 aliphatic rings. The molecule has 5 atom stereocenters. The van der Waals surface area contributed by atoms with E-state index in [0.717, 1.165) is 29.0 Å². The number of hydrogen-bond acceptors (Lipinski definition) is 5. The van der Waals surface area contributed by atoms with Crippen LogP contribution in [0.2, 0.25) is 0 Å². The van der Waals surface area contributed by atoms with Crippen LogP contribution in [0.4, 0.5) is 0 Å². The number of nitrogens with zero attached hydrogens (tertiary/aromatic N) is 1. The van der Waals surface area contributed by atoms with Gasteiger partial charge in [0, 0.05) is 0 Å². The lowest BCUT2D eigenvalue weighted by Gasteiger charge is -2.21. The molecule has 2 bridgehead atoms. The summed E-state index contributed by atoms with van der Waals surface area (Å²) in [7, 11) is 0. The second kappa shape index (κ2) is 6.09. The SMILES string of the molecule is Cc1cc(C)cc(O[C@@H](C)C(=O)NN2C(=O)[C@@H]3[C@H](C2=O)[C@@H]2CC[C@@H]3O2)c1. The molecule has 7 heteroatoms. The summed E-state index contributed by atoms with van der Waals surface area (Å²) in [5, 5.41) is 0.868. The van der Waals surface area contributed by atoms with Gasteiger partial charge < -0.3 is 9.47 Å². The van der Waals surface area contributed by atoms with Gasteiger partial charge in [0.1, 0.15) is 5.75 Å². The molecule has 3 fully saturated rings. The number of rotatable bonds is 4. The molecule has 4 rings (SSSR count). The van der Waals surface area contributed by atoms with Gasteiger partial charge in [-0.05, 0) is 56.9 Å². The fourth-order valence-corrected chi connectivity index (χ4v) is 4.28. The van der Waals surface area contributed by atoms with E-state index < -0.39 is 23.8 Å². The fourth-order valence-electron chi connectivity index (χ4n) is 4.28. The van der Waals surface area contributed by atoms with Gasteiger partial charge in [0.2, 0.25) is 0 Å². The molecule has 1 aromatic rings. The van der Waals surface area contributed by atoms with Gasteiger partial charge in [-0.25, -0.2) is 0 Å². The first-order valence-electron chi connectivity index (χ1n) is 8.94. The van der Waals surface area contributed by atoms with Crippen molar-refractivity contribution in [3.63, 3.8) is 0 Å². The maximum atomic E-state index is 12.6. The Morgan fingerprint density at radius 3 is 2.19 bits per heavy atom. The van der Waals surface area contributed by atoms with Crippen LogP contribution in [0.1, 0.15) is 30.9 Å². The summed E-state index contributed by atoms with van der Waals surface area (Å²) in [5.41, 5.74) is 4.50. The molecule has 1 aromatic carbocycles. The lowest BCUT2D eigenvalue weighted by molar-refractivity contribution is -0.153. The Hall–Kier alpha value is -2.41. The van der Waals surface area contributed by atoms with E-state index in [1.54, 1.807) is 6.92 Å². The average molecular weight is 358 g/mol. The average Bonchev–Trinajstić information content (AvgIpc) is 3.23. The van der Waals surface area contributed by atoms with Gasteiger partial charge in [0.15, 0.2) is 6.10 Å². The predicted molar refractivity (Wildman–Crippen MR) is 90.9 cm³/mol. The number of aryl methyl sites for hydroxylation is 2. The lowest BCUT2D eigenvalue weighted by Crippen LogP contribution is -2.51. The number of imide groups is 1. The van der Waals surface area contributed by atoms with E-state index in [9.17, 15) is 14.4 Å². The zero-order valence-electron chi connectivity index (χ0n) is 15.0. The van der Waals surface area contributed by atoms with Gasteiger partial charge in [-0.3, -0.25) is 19.8 Å². The van der Waals surface area contributed by atoms with Crippen molar-refractivity contribution in [3.05, 3.63) is 29.3 Å². The van der Waals surface area contributed by atoms with E-state index in [-0.39, 0.29) is 24.0 Å². The molecule has 26 heavy (non-hydrogen) atoms. The molecule has 0 spiro atoms. The van der Waals surface area contributed by atoms with Gasteiger partial charge in [0.25, 0.3) is 17.7 Å². The van der Waals surface area contributed by atoms with Crippen molar-refractivity contribution >= 4 is 17.7 Å². The standard InChI is InChI=1S/C19H22N2O5/c1-9-6-10(2)8-12(7-9)25-11(3)17(22)20-21-18(23)15-13-4-5-14(26-13)16(15)19(21)24/h6-8,11,13-16H,4-5H2,1-3H3,(H,20,22)/t11-,13-,14-,15-,16+/m0/s1. The molecule has 0 saturated carbocycles. The molecule has 138 valence electrons. The Morgan fingerprint density at radius 2 is 1.65 bits per heavy atom. The van der Waals surface area contributed by atoms with E-state index in [2.05, 4.69) is 5.43 Å². The summed E-state index contributed by atoms with van der Waals surface area (Å²) >= 11 is 0. The highest BCUT2D eigenvalue weighted by Gasteiger charge is 2.63. The van der Waals surface area contributed by atoms with Crippen LogP contribution >= 0.6 is 0 Å². The minimum Gasteiger partial charge on any atom is -0.481 e. The van der Waals surface area contributed by atoms with E-state index in [4.69, 9.17) is 9.47 Å². The van der Waals surface area contributed by atoms with Crippen LogP contribution in [0.25, 0.3) is 0 Å². The Balaban J connectivity index is 1.43. The number of carbonyl (C=O) groups is 3. The first-order valence-corrected chi connectivity index (χ1v) is 8.94. The second-order valence-corrected chi connectivity index (χ2v) is 7.41. The zero-order chi connectivity index (χ0) is 18.6. The molecular weight excluding hydrogens is 336 g/mol. The third-order valence-electron chi connectivity index (χ3n) is 5.38. The molecular formula is C19H22N2O5. The Morgan fingerprint density at radius 1 is 1.12 bits per heavy atom. The molecule has 7 nitrogen and oxygen atoms in total. The molecule has 3 heterocycles. The fraction of sp³-hybridized carbons (Fsp3) is 0.526. The molecule has 3 saturated heterocycles. The van der Waals surface area contributed by atoms with E-state index in [1.807, 2.05) is 32.0 Å². The van der Waals surface area contributed by atoms with Crippen LogP contribution in [0.3, 0.4) is 0 Å². The van der Waals surface area contributed by atoms with E-state index in [1.165, 1.54) is 0 Å². The minimum absolute atomic E-state index is 0.202. The van der Waals surface area contributed by atoms with Crippen LogP contribution in [0.15, 0.2) is 18.2 Å². The van der Waals surface area contributed by atoms with Crippen LogP contribution in [0.5, 0.6) is 5.75 Å². The first-order chi connectivity index (χ1) is 12.3. The summed E-state index contributed by atoms with van der Waals surface area (Å²) in [5.74, 6) is -1.63. The van der Waals surface area contributed by atoms with Gasteiger partial charge in [0.05, 0.1) is 24.0 Å². The number of ether oxygens (including phenoxy) is 2. The van der Waals surface area contributed by atoms with E-state index >= 15 is 0 Å². The highest BCUT2D eigenvalue weighted by Crippen LogP contribution is 2.48. The summed E-state index contributed by atoms with van der Waals surface area (Å²) in [6.07, 6.45) is 0.336. The van der Waals surface area contributed by atoms with Crippen molar-refractivity contribution in [3.8, 4) is 5.75 Å². The number of hydrogen-bond donors (Lipinski definition) is 1. The molecule has 3 aliphatic heterocycles. The third kappa shape index (κ3) is 2.67. The normalized spacial score (nSPS) is 30.5. The molecule has 0 aliphatic carbocycles. The van der Waals surface area contributed by atoms with Crippen molar-refractivity contribution in [2.45, 2.75) is 51.9 Å². The Kier molecular flexibility index (Phi) is 3.99. The highest BCUT2D eigenvalue weighted by molar-refractivity contribution is 6.07. The van der Waals surface area contributed by atoms with Gasteiger partial charge in [-0.15, -0.1) is 0 Å². The Labute approximate surface area is 151 Å². The third-order valence-corrected chi connectivity index (χ3v) is 5.38. The monoisotopic (exact) mass is 358 g/mol. The van der Waals surface area contributed by atoms with Crippen LogP contribution in [0, 0.1) is 25.7 Å². The summed E-state index contributed by atoms with van der Waals surface area (Å²) < 4.78 is 11.4. The number of carbonyl (C=O) groups excluding carboxylic acids is 3. The largest absolute Gasteiger partial charge is 0.481 e. The smallest absolute Gasteiger partial charge is 0.279 e. The second-order valence-electron chi connectivity index (χ2n) is 7.41. The molecule has 0 unspecified atom stereocenters. The summed E-state index contributed by atoms with van der Waals surface area (Å²) in [6.45, 7) is 5.48. The van der Waals surface area contributed by atoms with Gasteiger partial charge >= 0.3 is 0 Å². The summed E-state index contributed by atoms with van der Waals surface area (Å²) in [4.78, 5) is 37.6. The van der Waals surface area contributed by atoms with Crippen molar-refractivity contribution in [2.24, 2.45) is 11.8 Å². The number of amides is 3. The molecule has 1 N–H and O–H groups in total. The number of nitrogens with one attached hydrogen (secondary N) is 1. The van der Waals surface area contributed by atoms with Crippen LogP contribution in [-0.4, -0.2) is 41.0 Å².